The van der Waals surface area contributed by atoms with Crippen molar-refractivity contribution in [2.45, 2.75) is 65.8 Å². The number of benzene rings is 2. The molecule has 0 bridgehead atoms. The molecule has 0 aromatic heterocycles. The normalized spacial score (nSPS) is 12.6. The first-order valence-corrected chi connectivity index (χ1v) is 11.5. The summed E-state index contributed by atoms with van der Waals surface area (Å²) in [5.74, 6) is -0.987. The van der Waals surface area contributed by atoms with Gasteiger partial charge >= 0.3 is 6.09 Å². The summed E-state index contributed by atoms with van der Waals surface area (Å²) in [7, 11) is 0. The number of hydrogen-bond donors (Lipinski definition) is 2. The summed E-state index contributed by atoms with van der Waals surface area (Å²) >= 11 is 0. The Kier molecular flexibility index (Phi) is 9.41. The van der Waals surface area contributed by atoms with Crippen LogP contribution in [0.15, 0.2) is 48.5 Å². The lowest BCUT2D eigenvalue weighted by molar-refractivity contribution is -0.141. The molecule has 35 heavy (non-hydrogen) atoms. The van der Waals surface area contributed by atoms with Gasteiger partial charge in [-0.2, -0.15) is 5.26 Å². The Hall–Kier alpha value is -3.86. The van der Waals surface area contributed by atoms with Crippen LogP contribution in [0.25, 0.3) is 0 Å². The average Bonchev–Trinajstić information content (AvgIpc) is 2.77. The summed E-state index contributed by atoms with van der Waals surface area (Å²) in [6, 6.07) is 14.9. The number of alkyl carbamates (subject to hydrolysis) is 1. The van der Waals surface area contributed by atoms with E-state index in [0.29, 0.717) is 5.56 Å². The summed E-state index contributed by atoms with van der Waals surface area (Å²) in [5, 5.41) is 15.0. The third-order valence-electron chi connectivity index (χ3n) is 5.31. The van der Waals surface area contributed by atoms with Gasteiger partial charge in [-0.3, -0.25) is 9.59 Å². The standard InChI is InChI=1S/C27H34N4O4/c1-18-11-10-12-19(2)22(18)23(24(32)29-17-21-13-8-7-9-14-21)31(16-15-28)25(33)20(3)30-26(34)35-27(4,5)6/h7-14,20,23H,16-17H2,1-6H3,(H,29,32)(H,30,34). The van der Waals surface area contributed by atoms with Crippen LogP contribution in [-0.4, -0.2) is 41.0 Å². The summed E-state index contributed by atoms with van der Waals surface area (Å²) in [5.41, 5.74) is 2.43. The van der Waals surface area contributed by atoms with E-state index in [4.69, 9.17) is 4.74 Å². The Balaban J connectivity index is 2.40. The highest BCUT2D eigenvalue weighted by molar-refractivity contribution is 5.92. The molecule has 2 N–H and O–H groups in total. The molecule has 3 amide bonds. The van der Waals surface area contributed by atoms with Gasteiger partial charge < -0.3 is 20.3 Å². The lowest BCUT2D eigenvalue weighted by atomic mass is 9.93. The van der Waals surface area contributed by atoms with E-state index >= 15 is 0 Å². The van der Waals surface area contributed by atoms with Gasteiger partial charge in [-0.1, -0.05) is 48.5 Å². The van der Waals surface area contributed by atoms with Crippen molar-refractivity contribution >= 4 is 17.9 Å². The number of nitrogens with zero attached hydrogens (tertiary/aromatic N) is 2. The molecule has 2 aromatic rings. The van der Waals surface area contributed by atoms with Crippen LogP contribution in [0.1, 0.15) is 56.0 Å². The fourth-order valence-electron chi connectivity index (χ4n) is 3.74. The zero-order chi connectivity index (χ0) is 26.2. The number of ether oxygens (including phenoxy) is 1. The van der Waals surface area contributed by atoms with E-state index in [1.54, 1.807) is 20.8 Å². The number of carbonyl (C=O) groups is 3. The maximum atomic E-state index is 13.5. The topological polar surface area (TPSA) is 112 Å². The molecule has 0 saturated heterocycles. The molecule has 0 aliphatic rings. The van der Waals surface area contributed by atoms with Gasteiger partial charge in [-0.05, 0) is 63.8 Å². The lowest BCUT2D eigenvalue weighted by Gasteiger charge is -2.33. The summed E-state index contributed by atoms with van der Waals surface area (Å²) < 4.78 is 5.25. The van der Waals surface area contributed by atoms with Gasteiger partial charge in [-0.15, -0.1) is 0 Å². The van der Waals surface area contributed by atoms with Crippen molar-refractivity contribution in [3.63, 3.8) is 0 Å². The molecule has 0 radical (unpaired) electrons. The highest BCUT2D eigenvalue weighted by atomic mass is 16.6. The van der Waals surface area contributed by atoms with E-state index in [2.05, 4.69) is 10.6 Å². The molecule has 8 nitrogen and oxygen atoms in total. The van der Waals surface area contributed by atoms with Gasteiger partial charge in [0.05, 0.1) is 6.07 Å². The van der Waals surface area contributed by atoms with Gasteiger partial charge in [0, 0.05) is 6.54 Å². The number of nitrogens with one attached hydrogen (secondary N) is 2. The largest absolute Gasteiger partial charge is 0.444 e. The van der Waals surface area contributed by atoms with Gasteiger partial charge in [0.2, 0.25) is 11.8 Å². The van der Waals surface area contributed by atoms with Crippen molar-refractivity contribution in [1.82, 2.24) is 15.5 Å². The van der Waals surface area contributed by atoms with Crippen molar-refractivity contribution in [3.05, 3.63) is 70.8 Å². The van der Waals surface area contributed by atoms with Crippen molar-refractivity contribution in [3.8, 4) is 6.07 Å². The van der Waals surface area contributed by atoms with Crippen LogP contribution in [0.4, 0.5) is 4.79 Å². The Morgan fingerprint density at radius 3 is 2.17 bits per heavy atom. The van der Waals surface area contributed by atoms with Crippen LogP contribution in [-0.2, 0) is 20.9 Å². The minimum absolute atomic E-state index is 0.265. The Morgan fingerprint density at radius 1 is 1.03 bits per heavy atom. The summed E-state index contributed by atoms with van der Waals surface area (Å²) in [6.07, 6.45) is -0.757. The molecule has 0 saturated carbocycles. The Bertz CT molecular complexity index is 1070. The van der Waals surface area contributed by atoms with Crippen molar-refractivity contribution in [2.75, 3.05) is 6.54 Å². The molecular formula is C27H34N4O4. The molecule has 0 aliphatic heterocycles. The predicted molar refractivity (Wildman–Crippen MR) is 133 cm³/mol. The molecule has 0 heterocycles. The second-order valence-electron chi connectivity index (χ2n) is 9.40. The van der Waals surface area contributed by atoms with Gasteiger partial charge in [-0.25, -0.2) is 4.79 Å². The van der Waals surface area contributed by atoms with Crippen LogP contribution in [0.3, 0.4) is 0 Å². The van der Waals surface area contributed by atoms with Crippen molar-refractivity contribution in [1.29, 1.82) is 5.26 Å². The van der Waals surface area contributed by atoms with E-state index < -0.39 is 35.6 Å². The lowest BCUT2D eigenvalue weighted by Crippen LogP contribution is -2.52. The minimum atomic E-state index is -1.06. The molecule has 8 heteroatoms. The van der Waals surface area contributed by atoms with Crippen LogP contribution in [0.2, 0.25) is 0 Å². The molecular weight excluding hydrogens is 444 g/mol. The SMILES string of the molecule is Cc1cccc(C)c1C(C(=O)NCc1ccccc1)N(CC#N)C(=O)C(C)NC(=O)OC(C)(C)C. The highest BCUT2D eigenvalue weighted by Crippen LogP contribution is 2.28. The molecule has 186 valence electrons. The van der Waals surface area contributed by atoms with Crippen molar-refractivity contribution in [2.24, 2.45) is 0 Å². The molecule has 2 atom stereocenters. The van der Waals surface area contributed by atoms with E-state index in [1.165, 1.54) is 11.8 Å². The smallest absolute Gasteiger partial charge is 0.408 e. The number of carbonyl (C=O) groups excluding carboxylic acids is 3. The number of nitriles is 1. The zero-order valence-electron chi connectivity index (χ0n) is 21.2. The molecule has 0 spiro atoms. The molecule has 2 rings (SSSR count). The highest BCUT2D eigenvalue weighted by Gasteiger charge is 2.36. The van der Waals surface area contributed by atoms with Crippen LogP contribution in [0, 0.1) is 25.2 Å². The number of hydrogen-bond acceptors (Lipinski definition) is 5. The van der Waals surface area contributed by atoms with E-state index in [9.17, 15) is 19.6 Å². The fourth-order valence-corrected chi connectivity index (χ4v) is 3.74. The molecule has 2 aromatic carbocycles. The first-order chi connectivity index (χ1) is 16.4. The van der Waals surface area contributed by atoms with E-state index in [0.717, 1.165) is 16.7 Å². The van der Waals surface area contributed by atoms with Crippen molar-refractivity contribution < 1.29 is 19.1 Å². The molecule has 2 unspecified atom stereocenters. The number of aryl methyl sites for hydroxylation is 2. The van der Waals surface area contributed by atoms with Crippen LogP contribution in [0.5, 0.6) is 0 Å². The monoisotopic (exact) mass is 478 g/mol. The first kappa shape index (κ1) is 27.4. The Labute approximate surface area is 207 Å². The predicted octanol–water partition coefficient (Wildman–Crippen LogP) is 3.93. The number of rotatable bonds is 8. The third-order valence-corrected chi connectivity index (χ3v) is 5.31. The van der Waals surface area contributed by atoms with Gasteiger partial charge in [0.15, 0.2) is 0 Å². The maximum absolute atomic E-state index is 13.5. The second-order valence-corrected chi connectivity index (χ2v) is 9.40. The second kappa shape index (κ2) is 12.0. The molecule has 0 aliphatic carbocycles. The van der Waals surface area contributed by atoms with E-state index in [1.807, 2.05) is 68.4 Å². The zero-order valence-corrected chi connectivity index (χ0v) is 21.2. The minimum Gasteiger partial charge on any atom is -0.444 e. The summed E-state index contributed by atoms with van der Waals surface area (Å²) in [4.78, 5) is 40.5. The van der Waals surface area contributed by atoms with Gasteiger partial charge in [0.1, 0.15) is 24.2 Å². The quantitative estimate of drug-likeness (QED) is 0.559. The first-order valence-electron chi connectivity index (χ1n) is 11.5. The fraction of sp³-hybridized carbons (Fsp3) is 0.407. The third kappa shape index (κ3) is 7.85. The summed E-state index contributed by atoms with van der Waals surface area (Å²) in [6.45, 7) is 10.3. The Morgan fingerprint density at radius 2 is 1.63 bits per heavy atom. The number of amides is 3. The van der Waals surface area contributed by atoms with E-state index in [-0.39, 0.29) is 13.1 Å². The molecule has 0 fully saturated rings. The van der Waals surface area contributed by atoms with Crippen LogP contribution < -0.4 is 10.6 Å². The van der Waals surface area contributed by atoms with Gasteiger partial charge in [0.25, 0.3) is 0 Å². The average molecular weight is 479 g/mol. The van der Waals surface area contributed by atoms with Crippen LogP contribution >= 0.6 is 0 Å². The maximum Gasteiger partial charge on any atom is 0.408 e.